The third kappa shape index (κ3) is 2.63. The fraction of sp³-hybridized carbons (Fsp3) is 0.500. The molecule has 0 bridgehead atoms. The molecule has 1 rings (SSSR count). The van der Waals surface area contributed by atoms with Crippen LogP contribution in [-0.4, -0.2) is 19.4 Å². The lowest BCUT2D eigenvalue weighted by Gasteiger charge is -2.26. The third-order valence-electron chi connectivity index (χ3n) is 2.76. The lowest BCUT2D eigenvalue weighted by molar-refractivity contribution is -0.150. The van der Waals surface area contributed by atoms with E-state index in [0.29, 0.717) is 0 Å². The van der Waals surface area contributed by atoms with Crippen LogP contribution in [0.4, 0.5) is 22.0 Å². The molecule has 0 saturated heterocycles. The molecule has 0 aliphatic rings. The van der Waals surface area contributed by atoms with Crippen LogP contribution < -0.4 is 5.32 Å². The Labute approximate surface area is 102 Å². The number of nitrogens with one attached hydrogen (secondary N) is 1. The topological polar surface area (TPSA) is 12.0 Å². The average molecular weight is 267 g/mol. The number of rotatable bonds is 4. The maximum atomic E-state index is 13.4. The molecule has 1 N–H and O–H groups in total. The van der Waals surface area contributed by atoms with Gasteiger partial charge in [-0.1, -0.05) is 12.1 Å². The van der Waals surface area contributed by atoms with Crippen LogP contribution in [0.15, 0.2) is 12.1 Å². The molecule has 1 nitrogen and oxygen atoms in total. The molecule has 0 saturated carbocycles. The smallest absolute Gasteiger partial charge is 0.308 e. The number of hydrogen-bond acceptors (Lipinski definition) is 1. The van der Waals surface area contributed by atoms with Crippen LogP contribution in [0.25, 0.3) is 0 Å². The lowest BCUT2D eigenvalue weighted by Crippen LogP contribution is -2.41. The van der Waals surface area contributed by atoms with E-state index in [2.05, 4.69) is 5.32 Å². The Hall–Kier alpha value is -1.17. The summed E-state index contributed by atoms with van der Waals surface area (Å²) in [5.74, 6) is -4.74. The summed E-state index contributed by atoms with van der Waals surface area (Å²) in [6.07, 6.45) is -3.79. The largest absolute Gasteiger partial charge is 0.326 e. The molecule has 1 aromatic rings. The van der Waals surface area contributed by atoms with Crippen molar-refractivity contribution in [1.29, 1.82) is 0 Å². The molecule has 0 spiro atoms. The summed E-state index contributed by atoms with van der Waals surface area (Å²) in [4.78, 5) is 0. The SMILES string of the molecule is CNC(c1cc(C)c(F)c(C)c1)C(F)(F)C(F)F. The molecule has 0 amide bonds. The molecular weight excluding hydrogens is 253 g/mol. The number of benzene rings is 1. The van der Waals surface area contributed by atoms with Gasteiger partial charge in [0.05, 0.1) is 0 Å². The highest BCUT2D eigenvalue weighted by atomic mass is 19.3. The monoisotopic (exact) mass is 267 g/mol. The summed E-state index contributed by atoms with van der Waals surface area (Å²) >= 11 is 0. The maximum Gasteiger partial charge on any atom is 0.326 e. The fourth-order valence-corrected chi connectivity index (χ4v) is 1.85. The van der Waals surface area contributed by atoms with Crippen molar-refractivity contribution in [2.24, 2.45) is 0 Å². The number of alkyl halides is 4. The second kappa shape index (κ2) is 5.22. The quantitative estimate of drug-likeness (QED) is 0.822. The van der Waals surface area contributed by atoms with Gasteiger partial charge in [0, 0.05) is 0 Å². The van der Waals surface area contributed by atoms with E-state index in [1.165, 1.54) is 13.8 Å². The Morgan fingerprint density at radius 1 is 1.11 bits per heavy atom. The van der Waals surface area contributed by atoms with Gasteiger partial charge in [0.25, 0.3) is 0 Å². The summed E-state index contributed by atoms with van der Waals surface area (Å²) in [5.41, 5.74) is 0.241. The number of aryl methyl sites for hydroxylation is 2. The van der Waals surface area contributed by atoms with Gasteiger partial charge in [0.15, 0.2) is 0 Å². The predicted octanol–water partition coefficient (Wildman–Crippen LogP) is 3.60. The second-order valence-corrected chi connectivity index (χ2v) is 4.17. The number of halogens is 5. The molecule has 1 aromatic carbocycles. The van der Waals surface area contributed by atoms with Crippen LogP contribution in [0.1, 0.15) is 22.7 Å². The van der Waals surface area contributed by atoms with Crippen LogP contribution in [0.5, 0.6) is 0 Å². The van der Waals surface area contributed by atoms with Gasteiger partial charge in [-0.15, -0.1) is 0 Å². The van der Waals surface area contributed by atoms with Gasteiger partial charge < -0.3 is 5.32 Å². The van der Waals surface area contributed by atoms with E-state index in [9.17, 15) is 22.0 Å². The van der Waals surface area contributed by atoms with Crippen LogP contribution in [-0.2, 0) is 0 Å². The standard InChI is InChI=1S/C12H14F5N/c1-6-4-8(5-7(2)9(6)13)10(18-3)12(16,17)11(14)15/h4-5,10-11,18H,1-3H3. The molecule has 0 aliphatic carbocycles. The van der Waals surface area contributed by atoms with Gasteiger partial charge in [-0.05, 0) is 37.6 Å². The third-order valence-corrected chi connectivity index (χ3v) is 2.76. The molecule has 0 aliphatic heterocycles. The Morgan fingerprint density at radius 3 is 1.89 bits per heavy atom. The highest BCUT2D eigenvalue weighted by Gasteiger charge is 2.48. The van der Waals surface area contributed by atoms with Gasteiger partial charge in [-0.3, -0.25) is 0 Å². The Bertz CT molecular complexity index is 407. The minimum atomic E-state index is -4.22. The van der Waals surface area contributed by atoms with E-state index in [1.807, 2.05) is 0 Å². The van der Waals surface area contributed by atoms with Crippen molar-refractivity contribution in [1.82, 2.24) is 5.32 Å². The molecule has 0 fully saturated rings. The highest BCUT2D eigenvalue weighted by molar-refractivity contribution is 5.33. The second-order valence-electron chi connectivity index (χ2n) is 4.17. The zero-order valence-corrected chi connectivity index (χ0v) is 10.2. The molecule has 1 unspecified atom stereocenters. The van der Waals surface area contributed by atoms with Crippen molar-refractivity contribution >= 4 is 0 Å². The fourth-order valence-electron chi connectivity index (χ4n) is 1.85. The van der Waals surface area contributed by atoms with Crippen LogP contribution in [0, 0.1) is 19.7 Å². The van der Waals surface area contributed by atoms with E-state index in [0.717, 1.165) is 19.2 Å². The van der Waals surface area contributed by atoms with E-state index in [1.54, 1.807) is 0 Å². The average Bonchev–Trinajstić information content (AvgIpc) is 2.26. The molecule has 102 valence electrons. The molecule has 0 radical (unpaired) electrons. The van der Waals surface area contributed by atoms with E-state index < -0.39 is 24.2 Å². The minimum Gasteiger partial charge on any atom is -0.308 e. The molecule has 6 heteroatoms. The first-order valence-electron chi connectivity index (χ1n) is 5.31. The van der Waals surface area contributed by atoms with Gasteiger partial charge in [-0.2, -0.15) is 8.78 Å². The summed E-state index contributed by atoms with van der Waals surface area (Å²) in [6, 6.07) is 0.454. The van der Waals surface area contributed by atoms with Crippen molar-refractivity contribution in [3.63, 3.8) is 0 Å². The van der Waals surface area contributed by atoms with Gasteiger partial charge >= 0.3 is 12.3 Å². The molecular formula is C12H14F5N. The zero-order chi connectivity index (χ0) is 14.1. The van der Waals surface area contributed by atoms with Crippen molar-refractivity contribution in [3.8, 4) is 0 Å². The van der Waals surface area contributed by atoms with Gasteiger partial charge in [0.2, 0.25) is 0 Å². The van der Waals surface area contributed by atoms with E-state index in [-0.39, 0.29) is 16.7 Å². The first-order chi connectivity index (χ1) is 8.21. The van der Waals surface area contributed by atoms with Crippen molar-refractivity contribution < 1.29 is 22.0 Å². The van der Waals surface area contributed by atoms with Gasteiger partial charge in [0.1, 0.15) is 11.9 Å². The van der Waals surface area contributed by atoms with Crippen molar-refractivity contribution in [2.45, 2.75) is 32.2 Å². The summed E-state index contributed by atoms with van der Waals surface area (Å²) in [6.45, 7) is 2.80. The zero-order valence-electron chi connectivity index (χ0n) is 10.2. The summed E-state index contributed by atoms with van der Waals surface area (Å²) < 4.78 is 64.8. The van der Waals surface area contributed by atoms with Crippen molar-refractivity contribution in [2.75, 3.05) is 7.05 Å². The summed E-state index contributed by atoms with van der Waals surface area (Å²) in [7, 11) is 1.16. The highest BCUT2D eigenvalue weighted by Crippen LogP contribution is 2.37. The van der Waals surface area contributed by atoms with Crippen LogP contribution in [0.2, 0.25) is 0 Å². The predicted molar refractivity (Wildman–Crippen MR) is 58.6 cm³/mol. The summed E-state index contributed by atoms with van der Waals surface area (Å²) in [5, 5.41) is 2.16. The van der Waals surface area contributed by atoms with Gasteiger partial charge in [-0.25, -0.2) is 13.2 Å². The van der Waals surface area contributed by atoms with E-state index >= 15 is 0 Å². The molecule has 18 heavy (non-hydrogen) atoms. The lowest BCUT2D eigenvalue weighted by atomic mass is 9.96. The first-order valence-corrected chi connectivity index (χ1v) is 5.31. The van der Waals surface area contributed by atoms with Crippen molar-refractivity contribution in [3.05, 3.63) is 34.6 Å². The number of hydrogen-bond donors (Lipinski definition) is 1. The Kier molecular flexibility index (Phi) is 4.32. The first kappa shape index (κ1) is 14.9. The van der Waals surface area contributed by atoms with Crippen LogP contribution >= 0.6 is 0 Å². The maximum absolute atomic E-state index is 13.4. The Balaban J connectivity index is 3.26. The normalized spacial score (nSPS) is 14.1. The molecule has 0 aromatic heterocycles. The van der Waals surface area contributed by atoms with Crippen LogP contribution in [0.3, 0.4) is 0 Å². The molecule has 0 heterocycles. The Morgan fingerprint density at radius 2 is 1.56 bits per heavy atom. The molecule has 1 atom stereocenters. The van der Waals surface area contributed by atoms with E-state index in [4.69, 9.17) is 0 Å². The minimum absolute atomic E-state index is 0.0563.